The second-order valence-corrected chi connectivity index (χ2v) is 4.82. The summed E-state index contributed by atoms with van der Waals surface area (Å²) in [5.74, 6) is 0. The molecule has 19 heavy (non-hydrogen) atoms. The van der Waals surface area contributed by atoms with E-state index in [2.05, 4.69) is 53.4 Å². The van der Waals surface area contributed by atoms with Crippen molar-refractivity contribution in [3.8, 4) is 6.07 Å². The number of hydrogen-bond acceptors (Lipinski definition) is 3. The van der Waals surface area contributed by atoms with Crippen LogP contribution >= 0.6 is 0 Å². The molecule has 1 unspecified atom stereocenters. The second kappa shape index (κ2) is 5.40. The SMILES string of the molecule is N#CCN1CCOC(c2cccc3ccccc23)C1. The van der Waals surface area contributed by atoms with E-state index in [0.717, 1.165) is 13.1 Å². The van der Waals surface area contributed by atoms with Gasteiger partial charge in [0.15, 0.2) is 0 Å². The molecule has 96 valence electrons. The highest BCUT2D eigenvalue weighted by molar-refractivity contribution is 5.86. The maximum Gasteiger partial charge on any atom is 0.0958 e. The molecule has 1 atom stereocenters. The lowest BCUT2D eigenvalue weighted by Crippen LogP contribution is -2.38. The first-order valence-corrected chi connectivity index (χ1v) is 6.57. The molecule has 0 aliphatic carbocycles. The molecule has 1 aliphatic heterocycles. The Morgan fingerprint density at radius 2 is 2.05 bits per heavy atom. The van der Waals surface area contributed by atoms with Crippen molar-refractivity contribution in [2.45, 2.75) is 6.10 Å². The van der Waals surface area contributed by atoms with Crippen LogP contribution in [0.15, 0.2) is 42.5 Å². The summed E-state index contributed by atoms with van der Waals surface area (Å²) in [6.07, 6.45) is 0.0631. The molecule has 3 nitrogen and oxygen atoms in total. The molecular weight excluding hydrogens is 236 g/mol. The summed E-state index contributed by atoms with van der Waals surface area (Å²) in [5.41, 5.74) is 1.22. The van der Waals surface area contributed by atoms with Gasteiger partial charge in [0.05, 0.1) is 25.3 Å². The molecule has 1 heterocycles. The molecule has 1 saturated heterocycles. The van der Waals surface area contributed by atoms with Crippen LogP contribution in [0.4, 0.5) is 0 Å². The van der Waals surface area contributed by atoms with Crippen molar-refractivity contribution in [3.63, 3.8) is 0 Å². The van der Waals surface area contributed by atoms with Gasteiger partial charge in [-0.15, -0.1) is 0 Å². The first-order chi connectivity index (χ1) is 9.38. The van der Waals surface area contributed by atoms with Gasteiger partial charge in [-0.25, -0.2) is 0 Å². The zero-order chi connectivity index (χ0) is 13.1. The molecule has 1 aliphatic rings. The van der Waals surface area contributed by atoms with E-state index >= 15 is 0 Å². The predicted molar refractivity (Wildman–Crippen MR) is 74.7 cm³/mol. The van der Waals surface area contributed by atoms with Crippen LogP contribution in [-0.4, -0.2) is 31.1 Å². The van der Waals surface area contributed by atoms with Crippen LogP contribution < -0.4 is 0 Å². The smallest absolute Gasteiger partial charge is 0.0958 e. The van der Waals surface area contributed by atoms with Gasteiger partial charge in [0, 0.05) is 13.1 Å². The van der Waals surface area contributed by atoms with Crippen molar-refractivity contribution in [1.29, 1.82) is 5.26 Å². The first kappa shape index (κ1) is 12.2. The number of nitrogens with zero attached hydrogens (tertiary/aromatic N) is 2. The van der Waals surface area contributed by atoms with E-state index in [0.29, 0.717) is 13.2 Å². The topological polar surface area (TPSA) is 36.3 Å². The van der Waals surface area contributed by atoms with Crippen molar-refractivity contribution in [2.24, 2.45) is 0 Å². The molecule has 0 N–H and O–H groups in total. The van der Waals surface area contributed by atoms with E-state index < -0.39 is 0 Å². The number of nitriles is 1. The van der Waals surface area contributed by atoms with Crippen LogP contribution in [0, 0.1) is 11.3 Å². The summed E-state index contributed by atoms with van der Waals surface area (Å²) < 4.78 is 5.90. The minimum Gasteiger partial charge on any atom is -0.371 e. The molecule has 0 spiro atoms. The number of rotatable bonds is 2. The minimum atomic E-state index is 0.0631. The zero-order valence-corrected chi connectivity index (χ0v) is 10.7. The summed E-state index contributed by atoms with van der Waals surface area (Å²) in [5, 5.41) is 11.3. The zero-order valence-electron chi connectivity index (χ0n) is 10.7. The number of fused-ring (bicyclic) bond motifs is 1. The molecule has 0 saturated carbocycles. The molecule has 3 rings (SSSR count). The Labute approximate surface area is 113 Å². The minimum absolute atomic E-state index is 0.0631. The van der Waals surface area contributed by atoms with Crippen molar-refractivity contribution in [1.82, 2.24) is 4.90 Å². The molecule has 0 bridgehead atoms. The van der Waals surface area contributed by atoms with Crippen molar-refractivity contribution in [3.05, 3.63) is 48.0 Å². The van der Waals surface area contributed by atoms with E-state index in [9.17, 15) is 0 Å². The largest absolute Gasteiger partial charge is 0.371 e. The monoisotopic (exact) mass is 252 g/mol. The molecule has 1 fully saturated rings. The van der Waals surface area contributed by atoms with Gasteiger partial charge in [-0.1, -0.05) is 42.5 Å². The molecule has 3 heteroatoms. The summed E-state index contributed by atoms with van der Waals surface area (Å²) >= 11 is 0. The van der Waals surface area contributed by atoms with Crippen LogP contribution in [0.25, 0.3) is 10.8 Å². The lowest BCUT2D eigenvalue weighted by Gasteiger charge is -2.32. The van der Waals surface area contributed by atoms with E-state index in [1.54, 1.807) is 0 Å². The highest BCUT2D eigenvalue weighted by Gasteiger charge is 2.22. The fourth-order valence-corrected chi connectivity index (χ4v) is 2.67. The molecule has 0 aromatic heterocycles. The first-order valence-electron chi connectivity index (χ1n) is 6.57. The number of ether oxygens (including phenoxy) is 1. The van der Waals surface area contributed by atoms with Crippen molar-refractivity contribution >= 4 is 10.8 Å². The Balaban J connectivity index is 1.93. The van der Waals surface area contributed by atoms with Crippen molar-refractivity contribution in [2.75, 3.05) is 26.2 Å². The van der Waals surface area contributed by atoms with Gasteiger partial charge in [0.1, 0.15) is 0 Å². The Morgan fingerprint density at radius 1 is 1.21 bits per heavy atom. The number of hydrogen-bond donors (Lipinski definition) is 0. The summed E-state index contributed by atoms with van der Waals surface area (Å²) in [7, 11) is 0. The molecular formula is C16H16N2O. The van der Waals surface area contributed by atoms with E-state index in [4.69, 9.17) is 10.00 Å². The maximum atomic E-state index is 8.81. The molecule has 2 aromatic carbocycles. The fraction of sp³-hybridized carbons (Fsp3) is 0.312. The van der Waals surface area contributed by atoms with Gasteiger partial charge in [0.25, 0.3) is 0 Å². The quantitative estimate of drug-likeness (QED) is 0.771. The molecule has 2 aromatic rings. The lowest BCUT2D eigenvalue weighted by molar-refractivity contribution is -0.0247. The standard InChI is InChI=1S/C16H16N2O/c17-8-9-18-10-11-19-16(12-18)15-7-3-5-13-4-1-2-6-14(13)15/h1-7,16H,9-12H2. The molecule has 0 radical (unpaired) electrons. The Morgan fingerprint density at radius 3 is 2.95 bits per heavy atom. The van der Waals surface area contributed by atoms with Crippen LogP contribution in [0.1, 0.15) is 11.7 Å². The van der Waals surface area contributed by atoms with Gasteiger partial charge in [-0.2, -0.15) is 5.26 Å². The van der Waals surface area contributed by atoms with Gasteiger partial charge in [0.2, 0.25) is 0 Å². The summed E-state index contributed by atoms with van der Waals surface area (Å²) in [4.78, 5) is 2.15. The van der Waals surface area contributed by atoms with Crippen LogP contribution in [0.5, 0.6) is 0 Å². The third-order valence-corrected chi connectivity index (χ3v) is 3.62. The van der Waals surface area contributed by atoms with Gasteiger partial charge < -0.3 is 4.74 Å². The Kier molecular flexibility index (Phi) is 3.45. The fourth-order valence-electron chi connectivity index (χ4n) is 2.67. The highest BCUT2D eigenvalue weighted by atomic mass is 16.5. The van der Waals surface area contributed by atoms with Gasteiger partial charge >= 0.3 is 0 Å². The average molecular weight is 252 g/mol. The molecule has 0 amide bonds. The number of morpholine rings is 1. The lowest BCUT2D eigenvalue weighted by atomic mass is 9.99. The van der Waals surface area contributed by atoms with E-state index in [1.807, 2.05) is 0 Å². The van der Waals surface area contributed by atoms with Gasteiger partial charge in [-0.05, 0) is 16.3 Å². The second-order valence-electron chi connectivity index (χ2n) is 4.82. The van der Waals surface area contributed by atoms with Crippen LogP contribution in [0.2, 0.25) is 0 Å². The highest BCUT2D eigenvalue weighted by Crippen LogP contribution is 2.28. The van der Waals surface area contributed by atoms with Crippen molar-refractivity contribution < 1.29 is 4.74 Å². The van der Waals surface area contributed by atoms with E-state index in [1.165, 1.54) is 16.3 Å². The average Bonchev–Trinajstić information content (AvgIpc) is 2.47. The number of benzene rings is 2. The third-order valence-electron chi connectivity index (χ3n) is 3.62. The summed E-state index contributed by atoms with van der Waals surface area (Å²) in [6, 6.07) is 16.9. The third kappa shape index (κ3) is 2.46. The van der Waals surface area contributed by atoms with E-state index in [-0.39, 0.29) is 6.10 Å². The Hall–Kier alpha value is -1.89. The normalized spacial score (nSPS) is 20.3. The maximum absolute atomic E-state index is 8.81. The van der Waals surface area contributed by atoms with Crippen LogP contribution in [-0.2, 0) is 4.74 Å². The van der Waals surface area contributed by atoms with Gasteiger partial charge in [-0.3, -0.25) is 4.90 Å². The summed E-state index contributed by atoms with van der Waals surface area (Å²) in [6.45, 7) is 2.80. The Bertz CT molecular complexity index is 612. The predicted octanol–water partition coefficient (Wildman–Crippen LogP) is 2.74. The van der Waals surface area contributed by atoms with Crippen LogP contribution in [0.3, 0.4) is 0 Å².